The van der Waals surface area contributed by atoms with Crippen LogP contribution in [0.5, 0.6) is 11.6 Å². The summed E-state index contributed by atoms with van der Waals surface area (Å²) in [6.07, 6.45) is 0. The molecule has 0 fully saturated rings. The van der Waals surface area contributed by atoms with Gasteiger partial charge in [0.2, 0.25) is 5.88 Å². The Morgan fingerprint density at radius 2 is 2.10 bits per heavy atom. The molecule has 1 heterocycles. The molecule has 3 N–H and O–H groups in total. The number of aromatic nitrogens is 1. The summed E-state index contributed by atoms with van der Waals surface area (Å²) in [5, 5.41) is 7.48. The number of pyridine rings is 1. The molecule has 104 valence electrons. The third kappa shape index (κ3) is 3.55. The molecular weight excluding hydrogens is 254 g/mol. The lowest BCUT2D eigenvalue weighted by Crippen LogP contribution is -2.11. The maximum Gasteiger partial charge on any atom is 0.220 e. The van der Waals surface area contributed by atoms with Crippen LogP contribution >= 0.6 is 0 Å². The summed E-state index contributed by atoms with van der Waals surface area (Å²) in [4.78, 5) is 4.28. The van der Waals surface area contributed by atoms with Crippen LogP contribution in [0.1, 0.15) is 16.8 Å². The van der Waals surface area contributed by atoms with Crippen molar-refractivity contribution in [2.24, 2.45) is 5.73 Å². The maximum atomic E-state index is 7.48. The van der Waals surface area contributed by atoms with Crippen LogP contribution in [0.4, 0.5) is 0 Å². The lowest BCUT2D eigenvalue weighted by molar-refractivity contribution is 0.184. The molecule has 0 aliphatic carbocycles. The van der Waals surface area contributed by atoms with Crippen molar-refractivity contribution in [3.05, 3.63) is 53.2 Å². The van der Waals surface area contributed by atoms with Crippen molar-refractivity contribution < 1.29 is 9.47 Å². The summed E-state index contributed by atoms with van der Waals surface area (Å²) in [6, 6.07) is 11.0. The van der Waals surface area contributed by atoms with Crippen LogP contribution < -0.4 is 10.5 Å². The van der Waals surface area contributed by atoms with Gasteiger partial charge in [0.1, 0.15) is 11.6 Å². The molecule has 0 atom stereocenters. The molecule has 1 aromatic carbocycles. The van der Waals surface area contributed by atoms with Crippen LogP contribution in [0.2, 0.25) is 0 Å². The first kappa shape index (κ1) is 14.0. The Morgan fingerprint density at radius 1 is 1.30 bits per heavy atom. The number of nitrogens with one attached hydrogen (secondary N) is 1. The zero-order valence-corrected chi connectivity index (χ0v) is 11.5. The van der Waals surface area contributed by atoms with E-state index in [-0.39, 0.29) is 5.84 Å². The number of amidine groups is 1. The van der Waals surface area contributed by atoms with Gasteiger partial charge in [0.15, 0.2) is 0 Å². The molecule has 0 amide bonds. The van der Waals surface area contributed by atoms with Gasteiger partial charge in [0.25, 0.3) is 0 Å². The number of rotatable bonds is 5. The van der Waals surface area contributed by atoms with Crippen LogP contribution in [0.3, 0.4) is 0 Å². The van der Waals surface area contributed by atoms with E-state index in [0.717, 1.165) is 11.3 Å². The second-order valence-electron chi connectivity index (χ2n) is 4.43. The molecule has 0 saturated carbocycles. The zero-order chi connectivity index (χ0) is 14.5. The van der Waals surface area contributed by atoms with E-state index in [0.29, 0.717) is 23.8 Å². The van der Waals surface area contributed by atoms with E-state index in [1.807, 2.05) is 31.2 Å². The Labute approximate surface area is 117 Å². The summed E-state index contributed by atoms with van der Waals surface area (Å²) >= 11 is 0. The molecule has 0 aliphatic heterocycles. The molecule has 20 heavy (non-hydrogen) atoms. The van der Waals surface area contributed by atoms with E-state index in [1.165, 1.54) is 0 Å². The Kier molecular flexibility index (Phi) is 4.32. The molecule has 5 nitrogen and oxygen atoms in total. The predicted octanol–water partition coefficient (Wildman–Crippen LogP) is 2.61. The van der Waals surface area contributed by atoms with E-state index < -0.39 is 0 Å². The first-order valence-corrected chi connectivity index (χ1v) is 6.17. The number of benzene rings is 1. The van der Waals surface area contributed by atoms with Gasteiger partial charge in [-0.25, -0.2) is 4.98 Å². The van der Waals surface area contributed by atoms with E-state index in [1.54, 1.807) is 19.2 Å². The van der Waals surface area contributed by atoms with Crippen molar-refractivity contribution in [1.82, 2.24) is 4.98 Å². The fraction of sp³-hybridized carbons (Fsp3) is 0.200. The van der Waals surface area contributed by atoms with Gasteiger partial charge in [-0.2, -0.15) is 0 Å². The van der Waals surface area contributed by atoms with Gasteiger partial charge < -0.3 is 15.2 Å². The normalized spacial score (nSPS) is 10.3. The number of aryl methyl sites for hydroxylation is 1. The first-order valence-electron chi connectivity index (χ1n) is 6.17. The molecule has 2 rings (SSSR count). The van der Waals surface area contributed by atoms with Crippen molar-refractivity contribution in [2.75, 3.05) is 7.11 Å². The number of ether oxygens (including phenoxy) is 2. The quantitative estimate of drug-likeness (QED) is 0.647. The summed E-state index contributed by atoms with van der Waals surface area (Å²) < 4.78 is 10.8. The second kappa shape index (κ2) is 6.16. The van der Waals surface area contributed by atoms with E-state index in [2.05, 4.69) is 4.98 Å². The summed E-state index contributed by atoms with van der Waals surface area (Å²) in [5.41, 5.74) is 7.86. The molecule has 0 saturated heterocycles. The minimum Gasteiger partial charge on any atom is -0.439 e. The van der Waals surface area contributed by atoms with Crippen molar-refractivity contribution >= 4 is 5.84 Å². The minimum absolute atomic E-state index is 0.00603. The van der Waals surface area contributed by atoms with E-state index in [9.17, 15) is 0 Å². The number of nitrogen functional groups attached to an aromatic ring is 1. The van der Waals surface area contributed by atoms with Gasteiger partial charge in [-0.3, -0.25) is 5.41 Å². The Bertz CT molecular complexity index is 626. The van der Waals surface area contributed by atoms with Gasteiger partial charge in [-0.05, 0) is 30.7 Å². The molecule has 1 aromatic heterocycles. The van der Waals surface area contributed by atoms with Gasteiger partial charge in [0, 0.05) is 24.4 Å². The topological polar surface area (TPSA) is 81.2 Å². The fourth-order valence-corrected chi connectivity index (χ4v) is 1.83. The molecule has 5 heteroatoms. The standard InChI is InChI=1S/C15H17N3O2/c1-10-6-12(15(16)17)8-14(18-10)20-13-5-3-4-11(7-13)9-19-2/h3-8H,9H2,1-2H3,(H3,16,17). The highest BCUT2D eigenvalue weighted by Crippen LogP contribution is 2.22. The Balaban J connectivity index is 2.25. The molecule has 0 radical (unpaired) electrons. The second-order valence-corrected chi connectivity index (χ2v) is 4.43. The average molecular weight is 271 g/mol. The van der Waals surface area contributed by atoms with Crippen LogP contribution in [0, 0.1) is 12.3 Å². The SMILES string of the molecule is COCc1cccc(Oc2cc(C(=N)N)cc(C)n2)c1. The number of hydrogen-bond donors (Lipinski definition) is 2. The minimum atomic E-state index is -0.00603. The summed E-state index contributed by atoms with van der Waals surface area (Å²) in [5.74, 6) is 1.09. The number of methoxy groups -OCH3 is 1. The maximum absolute atomic E-state index is 7.48. The summed E-state index contributed by atoms with van der Waals surface area (Å²) in [7, 11) is 1.65. The molecule has 0 aliphatic rings. The zero-order valence-electron chi connectivity index (χ0n) is 11.5. The van der Waals surface area contributed by atoms with Crippen molar-refractivity contribution in [1.29, 1.82) is 5.41 Å². The molecular formula is C15H17N3O2. The molecule has 0 bridgehead atoms. The number of hydrogen-bond acceptors (Lipinski definition) is 4. The third-order valence-corrected chi connectivity index (χ3v) is 2.67. The van der Waals surface area contributed by atoms with Gasteiger partial charge in [0.05, 0.1) is 6.61 Å². The van der Waals surface area contributed by atoms with Gasteiger partial charge in [-0.15, -0.1) is 0 Å². The molecule has 0 spiro atoms. The third-order valence-electron chi connectivity index (χ3n) is 2.67. The number of nitrogens with zero attached hydrogens (tertiary/aromatic N) is 1. The van der Waals surface area contributed by atoms with Crippen LogP contribution in [0.15, 0.2) is 36.4 Å². The fourth-order valence-electron chi connectivity index (χ4n) is 1.83. The largest absolute Gasteiger partial charge is 0.439 e. The average Bonchev–Trinajstić information content (AvgIpc) is 2.38. The summed E-state index contributed by atoms with van der Waals surface area (Å²) in [6.45, 7) is 2.36. The Hall–Kier alpha value is -2.40. The van der Waals surface area contributed by atoms with Gasteiger partial charge >= 0.3 is 0 Å². The first-order chi connectivity index (χ1) is 9.58. The van der Waals surface area contributed by atoms with Crippen LogP contribution in [0.25, 0.3) is 0 Å². The highest BCUT2D eigenvalue weighted by molar-refractivity contribution is 5.95. The van der Waals surface area contributed by atoms with Crippen molar-refractivity contribution in [3.8, 4) is 11.6 Å². The lowest BCUT2D eigenvalue weighted by Gasteiger charge is -2.09. The van der Waals surface area contributed by atoms with Gasteiger partial charge in [-0.1, -0.05) is 12.1 Å². The molecule has 2 aromatic rings. The predicted molar refractivity (Wildman–Crippen MR) is 77.2 cm³/mol. The lowest BCUT2D eigenvalue weighted by atomic mass is 10.2. The highest BCUT2D eigenvalue weighted by Gasteiger charge is 2.05. The van der Waals surface area contributed by atoms with Crippen LogP contribution in [-0.4, -0.2) is 17.9 Å². The smallest absolute Gasteiger partial charge is 0.220 e. The number of nitrogens with two attached hydrogens (primary N) is 1. The van der Waals surface area contributed by atoms with E-state index in [4.69, 9.17) is 20.6 Å². The highest BCUT2D eigenvalue weighted by atomic mass is 16.5. The molecule has 0 unspecified atom stereocenters. The van der Waals surface area contributed by atoms with Crippen molar-refractivity contribution in [3.63, 3.8) is 0 Å². The van der Waals surface area contributed by atoms with Crippen LogP contribution in [-0.2, 0) is 11.3 Å². The van der Waals surface area contributed by atoms with E-state index >= 15 is 0 Å². The Morgan fingerprint density at radius 3 is 2.80 bits per heavy atom. The van der Waals surface area contributed by atoms with Crippen molar-refractivity contribution in [2.45, 2.75) is 13.5 Å². The monoisotopic (exact) mass is 271 g/mol.